The fourth-order valence-electron chi connectivity index (χ4n) is 2.27. The number of hydrogen-bond acceptors (Lipinski definition) is 5. The summed E-state index contributed by atoms with van der Waals surface area (Å²) in [5.74, 6) is 0.184. The second kappa shape index (κ2) is 6.47. The maximum absolute atomic E-state index is 12.1. The minimum absolute atomic E-state index is 0.0394. The van der Waals surface area contributed by atoms with Gasteiger partial charge in [0.05, 0.1) is 6.20 Å². The molecule has 0 spiro atoms. The van der Waals surface area contributed by atoms with E-state index in [0.29, 0.717) is 18.9 Å². The molecule has 1 saturated heterocycles. The van der Waals surface area contributed by atoms with Crippen molar-refractivity contribution >= 4 is 17.6 Å². The molecule has 2 heterocycles. The quantitative estimate of drug-likeness (QED) is 0.772. The molecule has 0 bridgehead atoms. The maximum atomic E-state index is 12.1. The molecule has 1 fully saturated rings. The summed E-state index contributed by atoms with van der Waals surface area (Å²) in [7, 11) is 0. The summed E-state index contributed by atoms with van der Waals surface area (Å²) in [5, 5.41) is 19.6. The van der Waals surface area contributed by atoms with E-state index >= 15 is 0 Å². The van der Waals surface area contributed by atoms with Crippen LogP contribution in [0.1, 0.15) is 19.8 Å². The molecule has 1 atom stereocenters. The molecular weight excluding hydrogens is 262 g/mol. The molecule has 1 aromatic rings. The lowest BCUT2D eigenvalue weighted by Gasteiger charge is -2.31. The number of piperidine rings is 1. The first-order valence-corrected chi connectivity index (χ1v) is 6.65. The summed E-state index contributed by atoms with van der Waals surface area (Å²) < 4.78 is 0. The van der Waals surface area contributed by atoms with Crippen molar-refractivity contribution in [1.29, 1.82) is 0 Å². The minimum Gasteiger partial charge on any atom is -0.396 e. The van der Waals surface area contributed by atoms with Crippen LogP contribution < -0.4 is 5.32 Å². The molecule has 8 heteroatoms. The van der Waals surface area contributed by atoms with Crippen LogP contribution in [-0.2, 0) is 16.1 Å². The number of nitrogens with zero attached hydrogens (tertiary/aromatic N) is 4. The third-order valence-corrected chi connectivity index (χ3v) is 3.25. The summed E-state index contributed by atoms with van der Waals surface area (Å²) in [4.78, 5) is 26.0. The Bertz CT molecular complexity index is 487. The van der Waals surface area contributed by atoms with Crippen LogP contribution in [0.25, 0.3) is 0 Å². The fourth-order valence-corrected chi connectivity index (χ4v) is 2.27. The molecular formula is C12H19N5O3. The highest BCUT2D eigenvalue weighted by molar-refractivity contribution is 5.87. The second-order valence-corrected chi connectivity index (χ2v) is 4.97. The fraction of sp³-hybridized carbons (Fsp3) is 0.667. The van der Waals surface area contributed by atoms with Crippen LogP contribution in [0.2, 0.25) is 0 Å². The molecule has 2 N–H and O–H groups in total. The lowest BCUT2D eigenvalue weighted by atomic mass is 9.99. The van der Waals surface area contributed by atoms with Crippen LogP contribution >= 0.6 is 0 Å². The van der Waals surface area contributed by atoms with Gasteiger partial charge in [0.25, 0.3) is 0 Å². The molecule has 0 aliphatic carbocycles. The van der Waals surface area contributed by atoms with Crippen LogP contribution in [-0.4, -0.2) is 56.5 Å². The van der Waals surface area contributed by atoms with Crippen molar-refractivity contribution < 1.29 is 14.7 Å². The van der Waals surface area contributed by atoms with Gasteiger partial charge >= 0.3 is 0 Å². The summed E-state index contributed by atoms with van der Waals surface area (Å²) >= 11 is 0. The summed E-state index contributed by atoms with van der Waals surface area (Å²) in [5.41, 5.74) is 0. The van der Waals surface area contributed by atoms with Gasteiger partial charge in [-0.1, -0.05) is 0 Å². The first kappa shape index (κ1) is 14.4. The monoisotopic (exact) mass is 281 g/mol. The third kappa shape index (κ3) is 3.77. The number of aliphatic hydroxyl groups excluding tert-OH is 1. The summed E-state index contributed by atoms with van der Waals surface area (Å²) in [6.07, 6.45) is 3.26. The largest absolute Gasteiger partial charge is 0.396 e. The number of nitrogens with one attached hydrogen (secondary N) is 1. The van der Waals surface area contributed by atoms with E-state index in [4.69, 9.17) is 5.11 Å². The van der Waals surface area contributed by atoms with E-state index in [9.17, 15) is 9.59 Å². The van der Waals surface area contributed by atoms with Gasteiger partial charge in [0.2, 0.25) is 11.8 Å². The van der Waals surface area contributed by atoms with Crippen molar-refractivity contribution in [2.24, 2.45) is 5.92 Å². The number of aromatic nitrogens is 3. The Labute approximate surface area is 116 Å². The van der Waals surface area contributed by atoms with Crippen molar-refractivity contribution in [2.45, 2.75) is 26.3 Å². The summed E-state index contributed by atoms with van der Waals surface area (Å²) in [6, 6.07) is 0. The average molecular weight is 281 g/mol. The number of carbonyl (C=O) groups is 2. The van der Waals surface area contributed by atoms with Crippen molar-refractivity contribution in [3.8, 4) is 0 Å². The maximum Gasteiger partial charge on any atom is 0.246 e. The van der Waals surface area contributed by atoms with Gasteiger partial charge in [0, 0.05) is 26.6 Å². The Balaban J connectivity index is 1.90. The number of amides is 2. The molecule has 0 radical (unpaired) electrons. The zero-order chi connectivity index (χ0) is 14.5. The van der Waals surface area contributed by atoms with Crippen molar-refractivity contribution in [2.75, 3.05) is 25.0 Å². The minimum atomic E-state index is -0.231. The normalized spacial score (nSPS) is 18.9. The van der Waals surface area contributed by atoms with Crippen LogP contribution in [0.5, 0.6) is 0 Å². The van der Waals surface area contributed by atoms with E-state index in [2.05, 4.69) is 15.5 Å². The number of hydrogen-bond donors (Lipinski definition) is 2. The Morgan fingerprint density at radius 3 is 3.05 bits per heavy atom. The molecule has 20 heavy (non-hydrogen) atoms. The highest BCUT2D eigenvalue weighted by Crippen LogP contribution is 2.16. The average Bonchev–Trinajstić information content (AvgIpc) is 2.85. The van der Waals surface area contributed by atoms with Crippen LogP contribution in [0.3, 0.4) is 0 Å². The van der Waals surface area contributed by atoms with Gasteiger partial charge in [0.15, 0.2) is 5.82 Å². The molecule has 0 aromatic carbocycles. The van der Waals surface area contributed by atoms with E-state index in [0.717, 1.165) is 12.8 Å². The van der Waals surface area contributed by atoms with Gasteiger partial charge in [-0.15, -0.1) is 5.10 Å². The van der Waals surface area contributed by atoms with Gasteiger partial charge in [-0.3, -0.25) is 9.59 Å². The number of rotatable bonds is 4. The predicted octanol–water partition coefficient (Wildman–Crippen LogP) is -0.533. The number of likely N-dealkylation sites (tertiary alicyclic amines) is 1. The number of anilines is 1. The predicted molar refractivity (Wildman–Crippen MR) is 70.7 cm³/mol. The number of carbonyl (C=O) groups excluding carboxylic acids is 2. The van der Waals surface area contributed by atoms with Gasteiger partial charge in [-0.2, -0.15) is 9.90 Å². The van der Waals surface area contributed by atoms with E-state index in [1.54, 1.807) is 4.90 Å². The van der Waals surface area contributed by atoms with Gasteiger partial charge in [0.1, 0.15) is 6.54 Å². The van der Waals surface area contributed by atoms with Crippen molar-refractivity contribution in [1.82, 2.24) is 19.9 Å². The molecule has 1 unspecified atom stereocenters. The van der Waals surface area contributed by atoms with E-state index in [1.165, 1.54) is 17.9 Å². The molecule has 1 aliphatic rings. The first-order valence-electron chi connectivity index (χ1n) is 6.65. The van der Waals surface area contributed by atoms with Crippen molar-refractivity contribution in [3.05, 3.63) is 6.20 Å². The van der Waals surface area contributed by atoms with E-state index in [-0.39, 0.29) is 30.9 Å². The molecule has 110 valence electrons. The lowest BCUT2D eigenvalue weighted by molar-refractivity contribution is -0.134. The van der Waals surface area contributed by atoms with Crippen LogP contribution in [0, 0.1) is 5.92 Å². The van der Waals surface area contributed by atoms with Gasteiger partial charge in [-0.05, 0) is 18.8 Å². The van der Waals surface area contributed by atoms with E-state index in [1.807, 2.05) is 0 Å². The standard InChI is InChI=1S/C12H19N5O3/c1-9(19)14-11-5-13-17(15-11)7-12(20)16-4-2-3-10(6-16)8-18/h5,10,18H,2-4,6-8H2,1H3,(H,14,15,19). The van der Waals surface area contributed by atoms with Crippen LogP contribution in [0.15, 0.2) is 6.20 Å². The first-order chi connectivity index (χ1) is 9.58. The molecule has 0 saturated carbocycles. The second-order valence-electron chi connectivity index (χ2n) is 4.97. The highest BCUT2D eigenvalue weighted by Gasteiger charge is 2.23. The van der Waals surface area contributed by atoms with Crippen LogP contribution in [0.4, 0.5) is 5.82 Å². The van der Waals surface area contributed by atoms with E-state index < -0.39 is 0 Å². The Hall–Kier alpha value is -1.96. The van der Waals surface area contributed by atoms with Crippen molar-refractivity contribution in [3.63, 3.8) is 0 Å². The van der Waals surface area contributed by atoms with Gasteiger partial charge < -0.3 is 15.3 Å². The topological polar surface area (TPSA) is 100 Å². The van der Waals surface area contributed by atoms with Gasteiger partial charge in [-0.25, -0.2) is 0 Å². The summed E-state index contributed by atoms with van der Waals surface area (Å²) in [6.45, 7) is 2.81. The molecule has 2 amide bonds. The molecule has 1 aliphatic heterocycles. The molecule has 8 nitrogen and oxygen atoms in total. The lowest BCUT2D eigenvalue weighted by Crippen LogP contribution is -2.42. The third-order valence-electron chi connectivity index (χ3n) is 3.25. The Morgan fingerprint density at radius 1 is 1.55 bits per heavy atom. The number of aliphatic hydroxyl groups is 1. The Kier molecular flexibility index (Phi) is 4.67. The zero-order valence-corrected chi connectivity index (χ0v) is 11.4. The Morgan fingerprint density at radius 2 is 2.35 bits per heavy atom. The highest BCUT2D eigenvalue weighted by atomic mass is 16.3. The zero-order valence-electron chi connectivity index (χ0n) is 11.4. The molecule has 2 rings (SSSR count). The SMILES string of the molecule is CC(=O)Nc1cnn(CC(=O)N2CCCC(CO)C2)n1. The molecule has 1 aromatic heterocycles. The smallest absolute Gasteiger partial charge is 0.246 e.